The van der Waals surface area contributed by atoms with Gasteiger partial charge in [0.25, 0.3) is 0 Å². The van der Waals surface area contributed by atoms with Gasteiger partial charge in [0.2, 0.25) is 0 Å². The molecule has 0 unspecified atom stereocenters. The van der Waals surface area contributed by atoms with E-state index in [1.165, 1.54) is 43.4 Å². The Morgan fingerprint density at radius 2 is 0.940 bits per heavy atom. The van der Waals surface area contributed by atoms with Crippen LogP contribution in [0.25, 0.3) is 149 Å². The molecule has 0 aliphatic carbocycles. The highest BCUT2D eigenvalue weighted by Crippen LogP contribution is 2.43. The van der Waals surface area contributed by atoms with E-state index in [1.54, 1.807) is 0 Å². The summed E-state index contributed by atoms with van der Waals surface area (Å²) in [6, 6.07) is 72.9. The Bertz CT molecular complexity index is 4590. The van der Waals surface area contributed by atoms with Crippen molar-refractivity contribution in [3.05, 3.63) is 206 Å². The third-order valence-corrected chi connectivity index (χ3v) is 13.8. The van der Waals surface area contributed by atoms with E-state index in [4.69, 9.17) is 23.8 Å². The summed E-state index contributed by atoms with van der Waals surface area (Å²) in [4.78, 5) is 15.7. The molecule has 0 amide bonds. The lowest BCUT2D eigenvalue weighted by molar-refractivity contribution is 0.669. The number of aromatic nitrogens is 4. The molecule has 0 aliphatic heterocycles. The first-order valence-corrected chi connectivity index (χ1v) is 22.6. The molecule has 0 saturated heterocycles. The molecule has 0 aliphatic rings. The normalized spacial score (nSPS) is 12.2. The minimum Gasteiger partial charge on any atom is -0.456 e. The number of para-hydroxylation sites is 2. The average molecular weight is 855 g/mol. The highest BCUT2D eigenvalue weighted by molar-refractivity contribution is 6.23. The second-order valence-electron chi connectivity index (χ2n) is 17.5. The van der Waals surface area contributed by atoms with E-state index in [0.29, 0.717) is 17.5 Å². The lowest BCUT2D eigenvalue weighted by Crippen LogP contribution is -2.00. The van der Waals surface area contributed by atoms with Crippen LogP contribution in [0.3, 0.4) is 0 Å². The summed E-state index contributed by atoms with van der Waals surface area (Å²) in [6.07, 6.45) is 0. The van der Waals surface area contributed by atoms with Crippen LogP contribution in [0.4, 0.5) is 0 Å². The van der Waals surface area contributed by atoms with Crippen LogP contribution in [0.2, 0.25) is 0 Å². The average Bonchev–Trinajstić information content (AvgIpc) is 4.07. The Morgan fingerprint density at radius 3 is 1.81 bits per heavy atom. The zero-order valence-electron chi connectivity index (χ0n) is 35.7. The van der Waals surface area contributed by atoms with Crippen LogP contribution in [0.5, 0.6) is 0 Å². The molecule has 67 heavy (non-hydrogen) atoms. The predicted molar refractivity (Wildman–Crippen MR) is 275 cm³/mol. The fourth-order valence-corrected chi connectivity index (χ4v) is 10.6. The molecule has 0 fully saturated rings. The van der Waals surface area contributed by atoms with Crippen molar-refractivity contribution >= 4 is 109 Å². The Hall–Kier alpha value is -9.13. The van der Waals surface area contributed by atoms with Gasteiger partial charge in [-0.2, -0.15) is 0 Å². The topological polar surface area (TPSA) is 69.9 Å². The van der Waals surface area contributed by atoms with Crippen molar-refractivity contribution in [1.82, 2.24) is 19.5 Å². The summed E-state index contributed by atoms with van der Waals surface area (Å²) in [5, 5.41) is 15.9. The van der Waals surface area contributed by atoms with Crippen molar-refractivity contribution in [2.45, 2.75) is 0 Å². The summed E-state index contributed by atoms with van der Waals surface area (Å²) in [5.74, 6) is 1.68. The highest BCUT2D eigenvalue weighted by atomic mass is 16.3. The molecule has 0 atom stereocenters. The van der Waals surface area contributed by atoms with Crippen LogP contribution >= 0.6 is 0 Å². The second-order valence-corrected chi connectivity index (χ2v) is 17.5. The lowest BCUT2D eigenvalue weighted by atomic mass is 10.0. The van der Waals surface area contributed by atoms with E-state index in [0.717, 1.165) is 87.8 Å². The molecule has 0 bridgehead atoms. The molecule has 310 valence electrons. The van der Waals surface area contributed by atoms with Gasteiger partial charge >= 0.3 is 0 Å². The first-order valence-electron chi connectivity index (χ1n) is 22.6. The number of nitrogens with zero attached hydrogens (tertiary/aromatic N) is 4. The van der Waals surface area contributed by atoms with E-state index in [2.05, 4.69) is 180 Å². The van der Waals surface area contributed by atoms with Crippen molar-refractivity contribution in [2.24, 2.45) is 0 Å². The molecule has 0 saturated carbocycles. The van der Waals surface area contributed by atoms with E-state index in [9.17, 15) is 0 Å². The SMILES string of the molecule is c1ccc2cc(-c3nc(-c4ccc5oc6ccccc6c5c4)nc(-c4cccc5c4oc4ccc6ccc(-n7c8cc9ccccc9cc8c8ccc9ccccc9c87)cc6c45)n3)ccc2c1. The van der Waals surface area contributed by atoms with Gasteiger partial charge in [-0.15, -0.1) is 0 Å². The molecule has 0 radical (unpaired) electrons. The van der Waals surface area contributed by atoms with E-state index in [1.807, 2.05) is 30.3 Å². The van der Waals surface area contributed by atoms with E-state index >= 15 is 0 Å². The van der Waals surface area contributed by atoms with Gasteiger partial charge in [-0.1, -0.05) is 140 Å². The Balaban J connectivity index is 0.961. The van der Waals surface area contributed by atoms with Gasteiger partial charge in [0, 0.05) is 54.5 Å². The van der Waals surface area contributed by atoms with Gasteiger partial charge in [0.1, 0.15) is 22.3 Å². The molecule has 0 N–H and O–H groups in total. The van der Waals surface area contributed by atoms with Gasteiger partial charge < -0.3 is 13.4 Å². The molecular formula is C61H34N4O2. The number of fused-ring (bicyclic) bond motifs is 15. The third-order valence-electron chi connectivity index (χ3n) is 13.8. The van der Waals surface area contributed by atoms with Crippen molar-refractivity contribution in [2.75, 3.05) is 0 Å². The van der Waals surface area contributed by atoms with E-state index < -0.39 is 0 Å². The number of furan rings is 2. The van der Waals surface area contributed by atoms with Gasteiger partial charge in [0.05, 0.1) is 16.6 Å². The zero-order valence-corrected chi connectivity index (χ0v) is 35.7. The molecule has 4 aromatic heterocycles. The van der Waals surface area contributed by atoms with Gasteiger partial charge in [-0.05, 0) is 104 Å². The first-order chi connectivity index (χ1) is 33.2. The molecule has 6 heteroatoms. The number of rotatable bonds is 4. The van der Waals surface area contributed by atoms with Crippen LogP contribution < -0.4 is 0 Å². The van der Waals surface area contributed by atoms with Crippen LogP contribution in [0.15, 0.2) is 215 Å². The van der Waals surface area contributed by atoms with Crippen LogP contribution in [-0.4, -0.2) is 19.5 Å². The number of hydrogen-bond donors (Lipinski definition) is 0. The van der Waals surface area contributed by atoms with Gasteiger partial charge in [0.15, 0.2) is 17.5 Å². The lowest BCUT2D eigenvalue weighted by Gasteiger charge is -2.12. The third kappa shape index (κ3) is 5.41. The maximum absolute atomic E-state index is 6.95. The fourth-order valence-electron chi connectivity index (χ4n) is 10.6. The fraction of sp³-hybridized carbons (Fsp3) is 0. The van der Waals surface area contributed by atoms with Crippen LogP contribution in [0, 0.1) is 0 Å². The van der Waals surface area contributed by atoms with Crippen molar-refractivity contribution in [3.8, 4) is 39.9 Å². The van der Waals surface area contributed by atoms with Crippen molar-refractivity contribution < 1.29 is 8.83 Å². The summed E-state index contributed by atoms with van der Waals surface area (Å²) in [7, 11) is 0. The standard InChI is InChI=1S/C61H34N4O2/c1-2-12-38-30-41(21-20-35(38)10-1)59-62-60(42-25-28-54-51(32-42)45-16-7-8-19-53(45)66-54)64-61(63-59)48-18-9-17-47-56-49-34-43(26-22-37(49)24-29-55(56)67-58(47)48)65-52-33-40-14-4-3-13-39(40)31-50(52)46-27-23-36-11-5-6-15-44(36)57(46)65/h1-34H. The number of benzene rings is 11. The monoisotopic (exact) mass is 854 g/mol. The van der Waals surface area contributed by atoms with Gasteiger partial charge in [-0.25, -0.2) is 15.0 Å². The van der Waals surface area contributed by atoms with Gasteiger partial charge in [-0.3, -0.25) is 0 Å². The summed E-state index contributed by atoms with van der Waals surface area (Å²) in [6.45, 7) is 0. The van der Waals surface area contributed by atoms with E-state index in [-0.39, 0.29) is 0 Å². The smallest absolute Gasteiger partial charge is 0.167 e. The molecule has 6 nitrogen and oxygen atoms in total. The summed E-state index contributed by atoms with van der Waals surface area (Å²) >= 11 is 0. The second kappa shape index (κ2) is 13.7. The van der Waals surface area contributed by atoms with Crippen molar-refractivity contribution in [1.29, 1.82) is 0 Å². The summed E-state index contributed by atoms with van der Waals surface area (Å²) < 4.78 is 15.6. The highest BCUT2D eigenvalue weighted by Gasteiger charge is 2.22. The number of hydrogen-bond acceptors (Lipinski definition) is 5. The van der Waals surface area contributed by atoms with Crippen molar-refractivity contribution in [3.63, 3.8) is 0 Å². The molecule has 0 spiro atoms. The molecular weight excluding hydrogens is 821 g/mol. The molecule has 4 heterocycles. The first kappa shape index (κ1) is 36.2. The van der Waals surface area contributed by atoms with Crippen LogP contribution in [0.1, 0.15) is 0 Å². The predicted octanol–water partition coefficient (Wildman–Crippen LogP) is 16.4. The quantitative estimate of drug-likeness (QED) is 0.176. The maximum Gasteiger partial charge on any atom is 0.167 e. The molecule has 15 aromatic rings. The minimum absolute atomic E-state index is 0.532. The Labute approximate surface area is 381 Å². The summed E-state index contributed by atoms with van der Waals surface area (Å²) in [5.41, 5.74) is 9.19. The molecule has 11 aromatic carbocycles. The minimum atomic E-state index is 0.532. The zero-order chi connectivity index (χ0) is 43.7. The van der Waals surface area contributed by atoms with Crippen LogP contribution in [-0.2, 0) is 0 Å². The maximum atomic E-state index is 6.95. The largest absolute Gasteiger partial charge is 0.456 e. The Morgan fingerprint density at radius 1 is 0.328 bits per heavy atom. The Kier molecular flexibility index (Phi) is 7.40. The molecule has 15 rings (SSSR count).